The van der Waals surface area contributed by atoms with Crippen molar-refractivity contribution in [2.45, 2.75) is 12.3 Å². The summed E-state index contributed by atoms with van der Waals surface area (Å²) >= 11 is 6.08. The van der Waals surface area contributed by atoms with Crippen molar-refractivity contribution in [1.82, 2.24) is 9.80 Å². The van der Waals surface area contributed by atoms with Gasteiger partial charge < -0.3 is 14.7 Å². The first kappa shape index (κ1) is 18.8. The fourth-order valence-electron chi connectivity index (χ4n) is 4.02. The second-order valence-electron chi connectivity index (χ2n) is 7.43. The molecule has 2 heterocycles. The SMILES string of the molecule is O=C(CN1C[C@@H](c2ccccc2)CC1=O)N1CCN(c2cccc(Cl)c2)CC1. The van der Waals surface area contributed by atoms with Crippen LogP contribution in [-0.4, -0.2) is 60.9 Å². The number of amides is 2. The molecule has 0 unspecified atom stereocenters. The van der Waals surface area contributed by atoms with E-state index in [9.17, 15) is 9.59 Å². The molecule has 0 spiro atoms. The van der Waals surface area contributed by atoms with Crippen LogP contribution in [0.15, 0.2) is 54.6 Å². The van der Waals surface area contributed by atoms with Crippen LogP contribution in [0.1, 0.15) is 17.9 Å². The van der Waals surface area contributed by atoms with Crippen LogP contribution in [0.3, 0.4) is 0 Å². The lowest BCUT2D eigenvalue weighted by Crippen LogP contribution is -2.51. The molecule has 0 aliphatic carbocycles. The molecule has 6 heteroatoms. The highest BCUT2D eigenvalue weighted by atomic mass is 35.5. The van der Waals surface area contributed by atoms with Gasteiger partial charge in [-0.15, -0.1) is 0 Å². The lowest BCUT2D eigenvalue weighted by atomic mass is 9.99. The van der Waals surface area contributed by atoms with E-state index in [1.54, 1.807) is 4.90 Å². The Morgan fingerprint density at radius 2 is 1.75 bits per heavy atom. The van der Waals surface area contributed by atoms with Crippen LogP contribution in [0.25, 0.3) is 0 Å². The Morgan fingerprint density at radius 3 is 2.46 bits per heavy atom. The normalized spacial score (nSPS) is 20.0. The Morgan fingerprint density at radius 1 is 1.00 bits per heavy atom. The minimum atomic E-state index is 0.0350. The molecule has 2 aliphatic heterocycles. The second kappa shape index (κ2) is 8.23. The first-order valence-corrected chi connectivity index (χ1v) is 10.1. The summed E-state index contributed by atoms with van der Waals surface area (Å²) in [6.07, 6.45) is 0.486. The number of nitrogens with zero attached hydrogens (tertiary/aromatic N) is 3. The zero-order valence-electron chi connectivity index (χ0n) is 15.8. The number of carbonyl (C=O) groups excluding carboxylic acids is 2. The minimum absolute atomic E-state index is 0.0350. The molecule has 0 bridgehead atoms. The van der Waals surface area contributed by atoms with Crippen molar-refractivity contribution in [1.29, 1.82) is 0 Å². The van der Waals surface area contributed by atoms with Crippen LogP contribution in [-0.2, 0) is 9.59 Å². The average Bonchev–Trinajstić information content (AvgIpc) is 3.09. The predicted molar refractivity (Wildman–Crippen MR) is 111 cm³/mol. The third-order valence-electron chi connectivity index (χ3n) is 5.62. The molecule has 2 amide bonds. The summed E-state index contributed by atoms with van der Waals surface area (Å²) in [4.78, 5) is 30.9. The summed E-state index contributed by atoms with van der Waals surface area (Å²) in [7, 11) is 0. The van der Waals surface area contributed by atoms with Gasteiger partial charge in [-0.25, -0.2) is 0 Å². The molecule has 146 valence electrons. The fraction of sp³-hybridized carbons (Fsp3) is 0.364. The maximum atomic E-state index is 12.7. The first-order chi connectivity index (χ1) is 13.6. The third kappa shape index (κ3) is 4.14. The summed E-state index contributed by atoms with van der Waals surface area (Å²) in [6.45, 7) is 3.67. The quantitative estimate of drug-likeness (QED) is 0.796. The molecular weight excluding hydrogens is 374 g/mol. The maximum Gasteiger partial charge on any atom is 0.242 e. The van der Waals surface area contributed by atoms with E-state index in [1.165, 1.54) is 5.56 Å². The lowest BCUT2D eigenvalue weighted by molar-refractivity contribution is -0.138. The van der Waals surface area contributed by atoms with E-state index in [-0.39, 0.29) is 24.3 Å². The maximum absolute atomic E-state index is 12.7. The highest BCUT2D eigenvalue weighted by Crippen LogP contribution is 2.28. The van der Waals surface area contributed by atoms with Crippen molar-refractivity contribution >= 4 is 29.1 Å². The Kier molecular flexibility index (Phi) is 5.53. The Balaban J connectivity index is 1.31. The molecule has 28 heavy (non-hydrogen) atoms. The van der Waals surface area contributed by atoms with E-state index in [1.807, 2.05) is 47.4 Å². The van der Waals surface area contributed by atoms with E-state index in [0.29, 0.717) is 26.1 Å². The number of likely N-dealkylation sites (tertiary alicyclic amines) is 1. The van der Waals surface area contributed by atoms with Gasteiger partial charge in [-0.1, -0.05) is 48.0 Å². The smallest absolute Gasteiger partial charge is 0.242 e. The number of rotatable bonds is 4. The zero-order chi connectivity index (χ0) is 19.5. The lowest BCUT2D eigenvalue weighted by Gasteiger charge is -2.36. The molecule has 5 nitrogen and oxygen atoms in total. The molecule has 2 aromatic rings. The molecule has 0 N–H and O–H groups in total. The zero-order valence-corrected chi connectivity index (χ0v) is 16.5. The number of halogens is 1. The third-order valence-corrected chi connectivity index (χ3v) is 5.85. The van der Waals surface area contributed by atoms with Gasteiger partial charge >= 0.3 is 0 Å². The van der Waals surface area contributed by atoms with Crippen molar-refractivity contribution < 1.29 is 9.59 Å². The monoisotopic (exact) mass is 397 g/mol. The number of anilines is 1. The van der Waals surface area contributed by atoms with Gasteiger partial charge in [0.1, 0.15) is 0 Å². The highest BCUT2D eigenvalue weighted by Gasteiger charge is 2.33. The predicted octanol–water partition coefficient (Wildman–Crippen LogP) is 3.00. The largest absolute Gasteiger partial charge is 0.368 e. The molecular formula is C22H24ClN3O2. The molecule has 0 radical (unpaired) electrons. The number of piperazine rings is 1. The van der Waals surface area contributed by atoms with Gasteiger partial charge in [0.2, 0.25) is 11.8 Å². The van der Waals surface area contributed by atoms with Crippen LogP contribution in [0.2, 0.25) is 5.02 Å². The molecule has 2 saturated heterocycles. The van der Waals surface area contributed by atoms with Gasteiger partial charge in [-0.2, -0.15) is 0 Å². The summed E-state index contributed by atoms with van der Waals surface area (Å²) < 4.78 is 0. The van der Waals surface area contributed by atoms with Crippen molar-refractivity contribution in [2.75, 3.05) is 44.2 Å². The molecule has 1 atom stereocenters. The van der Waals surface area contributed by atoms with E-state index >= 15 is 0 Å². The Labute approximate surface area is 170 Å². The fourth-order valence-corrected chi connectivity index (χ4v) is 4.21. The average molecular weight is 398 g/mol. The number of hydrogen-bond donors (Lipinski definition) is 0. The van der Waals surface area contributed by atoms with E-state index in [2.05, 4.69) is 17.0 Å². The molecule has 2 fully saturated rings. The van der Waals surface area contributed by atoms with Crippen LogP contribution in [0.5, 0.6) is 0 Å². The number of carbonyl (C=O) groups is 2. The van der Waals surface area contributed by atoms with Crippen LogP contribution in [0.4, 0.5) is 5.69 Å². The van der Waals surface area contributed by atoms with Gasteiger partial charge in [-0.3, -0.25) is 9.59 Å². The van der Waals surface area contributed by atoms with Crippen LogP contribution >= 0.6 is 11.6 Å². The molecule has 2 aliphatic rings. The van der Waals surface area contributed by atoms with Gasteiger partial charge in [0.05, 0.1) is 6.54 Å². The number of benzene rings is 2. The van der Waals surface area contributed by atoms with Gasteiger partial charge in [0.15, 0.2) is 0 Å². The first-order valence-electron chi connectivity index (χ1n) is 9.71. The molecule has 2 aromatic carbocycles. The Hall–Kier alpha value is -2.53. The van der Waals surface area contributed by atoms with Crippen LogP contribution in [0, 0.1) is 0 Å². The number of hydrogen-bond acceptors (Lipinski definition) is 3. The topological polar surface area (TPSA) is 43.9 Å². The van der Waals surface area contributed by atoms with Gasteiger partial charge in [-0.05, 0) is 23.8 Å². The van der Waals surface area contributed by atoms with E-state index in [0.717, 1.165) is 23.8 Å². The minimum Gasteiger partial charge on any atom is -0.368 e. The molecule has 4 rings (SSSR count). The van der Waals surface area contributed by atoms with Crippen molar-refractivity contribution in [2.24, 2.45) is 0 Å². The highest BCUT2D eigenvalue weighted by molar-refractivity contribution is 6.30. The molecule has 0 saturated carbocycles. The summed E-state index contributed by atoms with van der Waals surface area (Å²) in [5.41, 5.74) is 2.25. The molecule has 0 aromatic heterocycles. The van der Waals surface area contributed by atoms with Gasteiger partial charge in [0.25, 0.3) is 0 Å². The summed E-state index contributed by atoms with van der Waals surface area (Å²) in [6, 6.07) is 17.9. The van der Waals surface area contributed by atoms with E-state index in [4.69, 9.17) is 11.6 Å². The Bertz CT molecular complexity index is 850. The van der Waals surface area contributed by atoms with Crippen LogP contribution < -0.4 is 4.90 Å². The van der Waals surface area contributed by atoms with Crippen molar-refractivity contribution in [3.63, 3.8) is 0 Å². The van der Waals surface area contributed by atoms with Crippen molar-refractivity contribution in [3.8, 4) is 0 Å². The summed E-state index contributed by atoms with van der Waals surface area (Å²) in [5, 5.41) is 0.719. The summed E-state index contributed by atoms with van der Waals surface area (Å²) in [5.74, 6) is 0.286. The van der Waals surface area contributed by atoms with E-state index < -0.39 is 0 Å². The standard InChI is InChI=1S/C22H24ClN3O2/c23-19-7-4-8-20(14-19)24-9-11-25(12-10-24)22(28)16-26-15-18(13-21(26)27)17-5-2-1-3-6-17/h1-8,14,18H,9-13,15-16H2/t18-/m0/s1. The second-order valence-corrected chi connectivity index (χ2v) is 7.87. The van der Waals surface area contributed by atoms with Crippen molar-refractivity contribution in [3.05, 3.63) is 65.2 Å². The van der Waals surface area contributed by atoms with Gasteiger partial charge in [0, 0.05) is 55.8 Å².